The number of hydrogen-bond donors (Lipinski definition) is 2. The van der Waals surface area contributed by atoms with Gasteiger partial charge in [0.15, 0.2) is 5.69 Å². The number of thiazole rings is 1. The van der Waals surface area contributed by atoms with Crippen molar-refractivity contribution in [3.05, 3.63) is 23.0 Å². The molecule has 2 rings (SSSR count). The molecule has 6 heteroatoms. The van der Waals surface area contributed by atoms with Crippen LogP contribution >= 0.6 is 11.3 Å². The average molecular weight is 237 g/mol. The van der Waals surface area contributed by atoms with Crippen LogP contribution in [0, 0.1) is 0 Å². The van der Waals surface area contributed by atoms with Crippen LogP contribution in [-0.4, -0.2) is 26.3 Å². The predicted octanol–water partition coefficient (Wildman–Crippen LogP) is 2.35. The van der Waals surface area contributed by atoms with Crippen molar-refractivity contribution in [2.75, 3.05) is 0 Å². The lowest BCUT2D eigenvalue weighted by atomic mass is 10.2. The lowest BCUT2D eigenvalue weighted by Crippen LogP contribution is -1.95. The molecule has 0 unspecified atom stereocenters. The topological polar surface area (TPSA) is 78.9 Å². The summed E-state index contributed by atoms with van der Waals surface area (Å²) >= 11 is 1.54. The minimum atomic E-state index is -1.03. The molecule has 0 aliphatic heterocycles. The monoisotopic (exact) mass is 237 g/mol. The minimum absolute atomic E-state index is 0.0227. The smallest absolute Gasteiger partial charge is 0.356 e. The summed E-state index contributed by atoms with van der Waals surface area (Å²) in [6, 6.07) is 1.51. The van der Waals surface area contributed by atoms with Crippen LogP contribution in [0.4, 0.5) is 0 Å². The van der Waals surface area contributed by atoms with Crippen molar-refractivity contribution in [2.45, 2.75) is 19.8 Å². The molecule has 0 aliphatic carbocycles. The average Bonchev–Trinajstić information content (AvgIpc) is 2.86. The lowest BCUT2D eigenvalue weighted by Gasteiger charge is -1.95. The summed E-state index contributed by atoms with van der Waals surface area (Å²) in [7, 11) is 0. The second-order valence-corrected chi connectivity index (χ2v) is 4.75. The molecular formula is C10H11N3O2S. The minimum Gasteiger partial charge on any atom is -0.476 e. The highest BCUT2D eigenvalue weighted by atomic mass is 32.1. The summed E-state index contributed by atoms with van der Waals surface area (Å²) in [6.07, 6.45) is 1.74. The first-order chi connectivity index (χ1) is 7.58. The number of carbonyl (C=O) groups is 1. The summed E-state index contributed by atoms with van der Waals surface area (Å²) in [5, 5.41) is 16.2. The second kappa shape index (κ2) is 4.05. The molecule has 2 aromatic rings. The zero-order valence-electron chi connectivity index (χ0n) is 8.89. The maximum Gasteiger partial charge on any atom is 0.356 e. The van der Waals surface area contributed by atoms with Gasteiger partial charge in [-0.05, 0) is 6.07 Å². The van der Waals surface area contributed by atoms with E-state index in [0.717, 1.165) is 9.88 Å². The largest absolute Gasteiger partial charge is 0.476 e. The van der Waals surface area contributed by atoms with Crippen LogP contribution in [0.2, 0.25) is 0 Å². The fourth-order valence-corrected chi connectivity index (χ4v) is 2.12. The van der Waals surface area contributed by atoms with E-state index < -0.39 is 5.97 Å². The first-order valence-electron chi connectivity index (χ1n) is 4.82. The molecule has 2 aromatic heterocycles. The Morgan fingerprint density at radius 3 is 2.81 bits per heavy atom. The van der Waals surface area contributed by atoms with Gasteiger partial charge in [0.1, 0.15) is 0 Å². The molecule has 0 aromatic carbocycles. The van der Waals surface area contributed by atoms with E-state index in [1.165, 1.54) is 6.07 Å². The first-order valence-corrected chi connectivity index (χ1v) is 5.64. The Labute approximate surface area is 96.2 Å². The zero-order valence-corrected chi connectivity index (χ0v) is 9.71. The Kier molecular flexibility index (Phi) is 2.74. The molecule has 0 atom stereocenters. The maximum atomic E-state index is 10.7. The van der Waals surface area contributed by atoms with Gasteiger partial charge in [0.25, 0.3) is 0 Å². The molecule has 84 valence electrons. The Morgan fingerprint density at radius 2 is 2.31 bits per heavy atom. The molecule has 0 saturated carbocycles. The Balaban J connectivity index is 2.31. The van der Waals surface area contributed by atoms with Gasteiger partial charge in [-0.3, -0.25) is 5.10 Å². The summed E-state index contributed by atoms with van der Waals surface area (Å²) in [6.45, 7) is 4.14. The van der Waals surface area contributed by atoms with Crippen LogP contribution in [-0.2, 0) is 0 Å². The number of carboxylic acids is 1. The molecule has 0 aliphatic rings. The van der Waals surface area contributed by atoms with Crippen LogP contribution in [0.5, 0.6) is 0 Å². The zero-order chi connectivity index (χ0) is 11.7. The van der Waals surface area contributed by atoms with Crippen molar-refractivity contribution < 1.29 is 9.90 Å². The summed E-state index contributed by atoms with van der Waals surface area (Å²) in [5.41, 5.74) is 0.719. The SMILES string of the molecule is CC(C)c1ncc(-c2cc(C(=O)O)n[nH]2)s1. The second-order valence-electron chi connectivity index (χ2n) is 3.69. The number of aromatic carboxylic acids is 1. The van der Waals surface area contributed by atoms with Gasteiger partial charge in [-0.15, -0.1) is 11.3 Å². The molecule has 0 fully saturated rings. The molecule has 0 amide bonds. The van der Waals surface area contributed by atoms with Gasteiger partial charge in [-0.2, -0.15) is 5.10 Å². The third-order valence-electron chi connectivity index (χ3n) is 2.08. The number of nitrogens with zero attached hydrogens (tertiary/aromatic N) is 2. The van der Waals surface area contributed by atoms with Crippen molar-refractivity contribution in [3.63, 3.8) is 0 Å². The number of carboxylic acid groups (broad SMARTS) is 1. The fourth-order valence-electron chi connectivity index (χ4n) is 1.24. The molecule has 0 spiro atoms. The highest BCUT2D eigenvalue weighted by Crippen LogP contribution is 2.28. The fraction of sp³-hybridized carbons (Fsp3) is 0.300. The third kappa shape index (κ3) is 1.96. The number of aromatic nitrogens is 3. The van der Waals surface area contributed by atoms with E-state index in [2.05, 4.69) is 29.0 Å². The van der Waals surface area contributed by atoms with Crippen molar-refractivity contribution in [3.8, 4) is 10.6 Å². The standard InChI is InChI=1S/C10H11N3O2S/c1-5(2)9-11-4-8(16-9)6-3-7(10(14)15)13-12-6/h3-5H,1-2H3,(H,12,13)(H,14,15). The number of H-pyrrole nitrogens is 1. The van der Waals surface area contributed by atoms with E-state index in [4.69, 9.17) is 5.11 Å². The molecule has 5 nitrogen and oxygen atoms in total. The van der Waals surface area contributed by atoms with Crippen LogP contribution in [0.15, 0.2) is 12.3 Å². The van der Waals surface area contributed by atoms with Gasteiger partial charge >= 0.3 is 5.97 Å². The van der Waals surface area contributed by atoms with Gasteiger partial charge in [-0.1, -0.05) is 13.8 Å². The van der Waals surface area contributed by atoms with Gasteiger partial charge in [0.05, 0.1) is 15.6 Å². The van der Waals surface area contributed by atoms with Crippen molar-refractivity contribution in [1.82, 2.24) is 15.2 Å². The summed E-state index contributed by atoms with van der Waals surface area (Å²) in [5.74, 6) is -0.656. The van der Waals surface area contributed by atoms with Crippen molar-refractivity contribution in [2.24, 2.45) is 0 Å². The van der Waals surface area contributed by atoms with Crippen LogP contribution < -0.4 is 0 Å². The number of aromatic amines is 1. The van der Waals surface area contributed by atoms with Crippen molar-refractivity contribution in [1.29, 1.82) is 0 Å². The van der Waals surface area contributed by atoms with E-state index in [9.17, 15) is 4.79 Å². The summed E-state index contributed by atoms with van der Waals surface area (Å²) < 4.78 is 0. The predicted molar refractivity (Wildman–Crippen MR) is 60.7 cm³/mol. The summed E-state index contributed by atoms with van der Waals surface area (Å²) in [4.78, 5) is 15.8. The molecule has 2 heterocycles. The van der Waals surface area contributed by atoms with Gasteiger partial charge < -0.3 is 5.11 Å². The van der Waals surface area contributed by atoms with Crippen LogP contribution in [0.25, 0.3) is 10.6 Å². The number of rotatable bonds is 3. The molecule has 0 saturated heterocycles. The lowest BCUT2D eigenvalue weighted by molar-refractivity contribution is 0.0690. The van der Waals surface area contributed by atoms with Crippen LogP contribution in [0.1, 0.15) is 35.3 Å². The quantitative estimate of drug-likeness (QED) is 0.858. The maximum absolute atomic E-state index is 10.7. The Morgan fingerprint density at radius 1 is 1.56 bits per heavy atom. The molecule has 0 bridgehead atoms. The van der Waals surface area contributed by atoms with Gasteiger partial charge in [0.2, 0.25) is 0 Å². The Bertz CT molecular complexity index is 516. The third-order valence-corrected chi connectivity index (χ3v) is 3.41. The molecule has 16 heavy (non-hydrogen) atoms. The Hall–Kier alpha value is -1.69. The van der Waals surface area contributed by atoms with Crippen molar-refractivity contribution >= 4 is 17.3 Å². The number of hydrogen-bond acceptors (Lipinski definition) is 4. The van der Waals surface area contributed by atoms with E-state index in [0.29, 0.717) is 11.6 Å². The van der Waals surface area contributed by atoms with Gasteiger partial charge in [-0.25, -0.2) is 9.78 Å². The van der Waals surface area contributed by atoms with E-state index in [1.54, 1.807) is 17.5 Å². The highest BCUT2D eigenvalue weighted by Gasteiger charge is 2.12. The normalized spacial score (nSPS) is 10.9. The van der Waals surface area contributed by atoms with E-state index >= 15 is 0 Å². The molecular weight excluding hydrogens is 226 g/mol. The van der Waals surface area contributed by atoms with Gasteiger partial charge in [0, 0.05) is 12.1 Å². The van der Waals surface area contributed by atoms with E-state index in [1.807, 2.05) is 0 Å². The molecule has 2 N–H and O–H groups in total. The van der Waals surface area contributed by atoms with Crippen LogP contribution in [0.3, 0.4) is 0 Å². The number of nitrogens with one attached hydrogen (secondary N) is 1. The van der Waals surface area contributed by atoms with E-state index in [-0.39, 0.29) is 5.69 Å². The first kappa shape index (κ1) is 10.8. The highest BCUT2D eigenvalue weighted by molar-refractivity contribution is 7.15. The molecule has 0 radical (unpaired) electrons.